The minimum atomic E-state index is -1.86. The van der Waals surface area contributed by atoms with Gasteiger partial charge in [0.15, 0.2) is 24.1 Å². The van der Waals surface area contributed by atoms with Gasteiger partial charge in [0, 0.05) is 5.92 Å². The van der Waals surface area contributed by atoms with Crippen LogP contribution in [0.1, 0.15) is 12.0 Å². The minimum absolute atomic E-state index is 0.167. The molecule has 0 spiro atoms. The third-order valence-electron chi connectivity index (χ3n) is 7.98. The van der Waals surface area contributed by atoms with Crippen LogP contribution in [0.4, 0.5) is 0 Å². The second-order valence-corrected chi connectivity index (χ2v) is 10.1. The van der Waals surface area contributed by atoms with E-state index in [2.05, 4.69) is 5.32 Å². The number of aliphatic hydroxyl groups is 7. The van der Waals surface area contributed by atoms with Crippen molar-refractivity contribution in [1.29, 1.82) is 0 Å². The Balaban J connectivity index is 1.47. The Morgan fingerprint density at radius 1 is 0.974 bits per heavy atom. The number of benzene rings is 1. The highest BCUT2D eigenvalue weighted by molar-refractivity contribution is 5.43. The van der Waals surface area contributed by atoms with Crippen LogP contribution in [0.2, 0.25) is 0 Å². The molecule has 1 saturated carbocycles. The van der Waals surface area contributed by atoms with Crippen molar-refractivity contribution in [3.05, 3.63) is 23.8 Å². The predicted octanol–water partition coefficient (Wildman–Crippen LogP) is -2.90. The molecule has 1 aromatic rings. The maximum Gasteiger partial charge on any atom is 0.189 e. The SMILES string of the molecule is COc1ccc(CCN[C@H]2[C@@H](O)[C@H]3CCO[C@@H](O[C@H]4O[C@H](CO)[C@@H](O)[C@H](O)[C@H]4O)[C@@H]3[C@]2(O)CO)cc1OC. The molecule has 3 aliphatic rings. The minimum Gasteiger partial charge on any atom is -0.493 e. The summed E-state index contributed by atoms with van der Waals surface area (Å²) in [7, 11) is 3.09. The van der Waals surface area contributed by atoms with Crippen LogP contribution in [-0.2, 0) is 20.6 Å². The number of aliphatic hydroxyl groups excluding tert-OH is 6. The Morgan fingerprint density at radius 3 is 2.37 bits per heavy atom. The highest BCUT2D eigenvalue weighted by Gasteiger charge is 2.64. The lowest BCUT2D eigenvalue weighted by atomic mass is 9.81. The van der Waals surface area contributed by atoms with E-state index in [0.29, 0.717) is 30.9 Å². The van der Waals surface area contributed by atoms with Gasteiger partial charge in [-0.05, 0) is 43.0 Å². The summed E-state index contributed by atoms with van der Waals surface area (Å²) in [6, 6.07) is 4.58. The number of methoxy groups -OCH3 is 2. The Bertz CT molecular complexity index is 920. The maximum absolute atomic E-state index is 11.6. The first-order valence-corrected chi connectivity index (χ1v) is 12.7. The molecule has 38 heavy (non-hydrogen) atoms. The molecule has 1 aliphatic carbocycles. The van der Waals surface area contributed by atoms with Gasteiger partial charge in [0.25, 0.3) is 0 Å². The zero-order chi connectivity index (χ0) is 27.6. The highest BCUT2D eigenvalue weighted by atomic mass is 16.8. The van der Waals surface area contributed by atoms with Gasteiger partial charge < -0.3 is 64.7 Å². The van der Waals surface area contributed by atoms with E-state index in [1.54, 1.807) is 20.3 Å². The van der Waals surface area contributed by atoms with Gasteiger partial charge in [0.1, 0.15) is 30.0 Å². The van der Waals surface area contributed by atoms with E-state index in [1.807, 2.05) is 12.1 Å². The van der Waals surface area contributed by atoms with Gasteiger partial charge in [-0.25, -0.2) is 0 Å². The maximum atomic E-state index is 11.6. The number of rotatable bonds is 10. The average Bonchev–Trinajstić information content (AvgIpc) is 3.16. The third kappa shape index (κ3) is 5.38. The Morgan fingerprint density at radius 2 is 1.71 bits per heavy atom. The van der Waals surface area contributed by atoms with E-state index in [4.69, 9.17) is 23.7 Å². The molecule has 1 aromatic carbocycles. The van der Waals surface area contributed by atoms with Gasteiger partial charge in [0.05, 0.1) is 46.2 Å². The first-order chi connectivity index (χ1) is 18.2. The quantitative estimate of drug-likeness (QED) is 0.149. The van der Waals surface area contributed by atoms with Gasteiger partial charge in [-0.1, -0.05) is 6.07 Å². The van der Waals surface area contributed by atoms with Crippen LogP contribution in [-0.4, -0.2) is 131 Å². The van der Waals surface area contributed by atoms with Crippen molar-refractivity contribution in [3.8, 4) is 11.5 Å². The monoisotopic (exact) mass is 545 g/mol. The molecule has 4 rings (SSSR count). The highest BCUT2D eigenvalue weighted by Crippen LogP contribution is 2.48. The molecule has 2 heterocycles. The Hall–Kier alpha value is -1.62. The van der Waals surface area contributed by atoms with E-state index >= 15 is 0 Å². The summed E-state index contributed by atoms with van der Waals surface area (Å²) < 4.78 is 27.6. The second-order valence-electron chi connectivity index (χ2n) is 10.1. The molecule has 0 radical (unpaired) electrons. The van der Waals surface area contributed by atoms with E-state index in [0.717, 1.165) is 5.56 Å². The number of hydrogen-bond donors (Lipinski definition) is 8. The summed E-state index contributed by atoms with van der Waals surface area (Å²) in [6.45, 7) is -0.816. The van der Waals surface area contributed by atoms with Gasteiger partial charge in [-0.3, -0.25) is 0 Å². The van der Waals surface area contributed by atoms with Crippen LogP contribution in [0.15, 0.2) is 18.2 Å². The Labute approximate surface area is 220 Å². The van der Waals surface area contributed by atoms with Crippen LogP contribution in [0.3, 0.4) is 0 Å². The van der Waals surface area contributed by atoms with Crippen LogP contribution >= 0.6 is 0 Å². The van der Waals surface area contributed by atoms with Crippen LogP contribution < -0.4 is 14.8 Å². The molecule has 0 amide bonds. The topological polar surface area (TPSA) is 200 Å². The predicted molar refractivity (Wildman–Crippen MR) is 129 cm³/mol. The molecule has 8 N–H and O–H groups in total. The fraction of sp³-hybridized carbons (Fsp3) is 0.760. The summed E-state index contributed by atoms with van der Waals surface area (Å²) in [5, 5.41) is 76.3. The van der Waals surface area contributed by atoms with Crippen molar-refractivity contribution in [2.75, 3.05) is 40.6 Å². The summed E-state index contributed by atoms with van der Waals surface area (Å²) in [5.74, 6) is -0.259. The molecule has 2 aliphatic heterocycles. The molecule has 2 saturated heterocycles. The van der Waals surface area contributed by atoms with Gasteiger partial charge >= 0.3 is 0 Å². The largest absolute Gasteiger partial charge is 0.493 e. The van der Waals surface area contributed by atoms with Crippen LogP contribution in [0.5, 0.6) is 11.5 Å². The molecule has 3 fully saturated rings. The zero-order valence-electron chi connectivity index (χ0n) is 21.4. The van der Waals surface area contributed by atoms with Crippen molar-refractivity contribution in [1.82, 2.24) is 5.32 Å². The fourth-order valence-electron chi connectivity index (χ4n) is 5.89. The molecule has 13 nitrogen and oxygen atoms in total. The van der Waals surface area contributed by atoms with E-state index in [9.17, 15) is 35.7 Å². The van der Waals surface area contributed by atoms with Crippen LogP contribution in [0.25, 0.3) is 0 Å². The number of hydrogen-bond acceptors (Lipinski definition) is 13. The van der Waals surface area contributed by atoms with Gasteiger partial charge in [-0.15, -0.1) is 0 Å². The number of ether oxygens (including phenoxy) is 5. The van der Waals surface area contributed by atoms with Gasteiger partial charge in [-0.2, -0.15) is 0 Å². The lowest BCUT2D eigenvalue weighted by molar-refractivity contribution is -0.359. The molecule has 11 atom stereocenters. The molecular formula is C25H39NO12. The first-order valence-electron chi connectivity index (χ1n) is 12.7. The van der Waals surface area contributed by atoms with E-state index < -0.39 is 79.8 Å². The third-order valence-corrected chi connectivity index (χ3v) is 7.98. The standard InChI is InChI=1S/C25H39NO12/c1-34-14-4-3-12(9-15(14)35-2)5-7-26-22-18(29)13-6-8-36-23(17(13)25(22,33)11-28)38-24-21(32)20(31)19(30)16(10-27)37-24/h3-4,9,13,16-24,26-33H,5-8,10-11H2,1-2H3/t13-,16+,17+,18-,19+,20-,21+,22-,23-,24+,25+/m0/s1. The second kappa shape index (κ2) is 12.3. The molecule has 0 bridgehead atoms. The molecule has 0 unspecified atom stereocenters. The lowest BCUT2D eigenvalue weighted by Crippen LogP contribution is -2.62. The molecule has 216 valence electrons. The van der Waals surface area contributed by atoms with E-state index in [-0.39, 0.29) is 6.61 Å². The molecular weight excluding hydrogens is 506 g/mol. The van der Waals surface area contributed by atoms with Crippen molar-refractivity contribution >= 4 is 0 Å². The van der Waals surface area contributed by atoms with Crippen molar-refractivity contribution in [2.24, 2.45) is 11.8 Å². The summed E-state index contributed by atoms with van der Waals surface area (Å²) in [6.07, 6.45) is -8.91. The van der Waals surface area contributed by atoms with Crippen molar-refractivity contribution in [2.45, 2.75) is 67.6 Å². The summed E-state index contributed by atoms with van der Waals surface area (Å²) in [5.41, 5.74) is -0.930. The van der Waals surface area contributed by atoms with E-state index in [1.165, 1.54) is 0 Å². The average molecular weight is 546 g/mol. The molecule has 13 heteroatoms. The normalized spacial score (nSPS) is 41.1. The summed E-state index contributed by atoms with van der Waals surface area (Å²) >= 11 is 0. The molecule has 0 aromatic heterocycles. The number of fused-ring (bicyclic) bond motifs is 1. The Kier molecular flexibility index (Phi) is 9.48. The van der Waals surface area contributed by atoms with Crippen molar-refractivity contribution in [3.63, 3.8) is 0 Å². The lowest BCUT2D eigenvalue weighted by Gasteiger charge is -2.45. The fourth-order valence-corrected chi connectivity index (χ4v) is 5.89. The van der Waals surface area contributed by atoms with Gasteiger partial charge in [0.2, 0.25) is 0 Å². The van der Waals surface area contributed by atoms with Crippen LogP contribution in [0, 0.1) is 11.8 Å². The number of nitrogens with one attached hydrogen (secondary N) is 1. The zero-order valence-corrected chi connectivity index (χ0v) is 21.4. The smallest absolute Gasteiger partial charge is 0.189 e. The summed E-state index contributed by atoms with van der Waals surface area (Å²) in [4.78, 5) is 0. The van der Waals surface area contributed by atoms with Crippen molar-refractivity contribution < 1.29 is 59.4 Å². The first kappa shape index (κ1) is 29.4.